The number of hydrogen-bond acceptors (Lipinski definition) is 5. The largest absolute Gasteiger partial charge is 0.456 e. The van der Waals surface area contributed by atoms with Crippen molar-refractivity contribution in [3.05, 3.63) is 188 Å². The van der Waals surface area contributed by atoms with Crippen LogP contribution in [0, 0.1) is 11.3 Å². The van der Waals surface area contributed by atoms with Gasteiger partial charge in [-0.3, -0.25) is 0 Å². The summed E-state index contributed by atoms with van der Waals surface area (Å²) in [6.45, 7) is 0. The second-order valence-corrected chi connectivity index (χ2v) is 13.5. The van der Waals surface area contributed by atoms with E-state index in [1.54, 1.807) is 0 Å². The smallest absolute Gasteiger partial charge is 0.164 e. The van der Waals surface area contributed by atoms with E-state index in [0.29, 0.717) is 23.0 Å². The van der Waals surface area contributed by atoms with Gasteiger partial charge in [0.25, 0.3) is 0 Å². The number of furan rings is 1. The summed E-state index contributed by atoms with van der Waals surface area (Å²) in [5.41, 5.74) is 11.5. The van der Waals surface area contributed by atoms with Crippen LogP contribution < -0.4 is 0 Å². The summed E-state index contributed by atoms with van der Waals surface area (Å²) in [4.78, 5) is 15.2. The highest BCUT2D eigenvalue weighted by atomic mass is 16.3. The van der Waals surface area contributed by atoms with Gasteiger partial charge in [0.2, 0.25) is 0 Å². The van der Waals surface area contributed by atoms with Crippen LogP contribution in [0.15, 0.2) is 186 Å². The van der Waals surface area contributed by atoms with E-state index in [9.17, 15) is 5.26 Å². The molecule has 0 amide bonds. The van der Waals surface area contributed by atoms with Crippen LogP contribution in [0.4, 0.5) is 0 Å². The molecule has 10 aromatic rings. The van der Waals surface area contributed by atoms with E-state index in [2.05, 4.69) is 97.1 Å². The van der Waals surface area contributed by atoms with Crippen LogP contribution in [-0.2, 0) is 0 Å². The summed E-state index contributed by atoms with van der Waals surface area (Å²) in [6.07, 6.45) is 0. The van der Waals surface area contributed by atoms with E-state index >= 15 is 0 Å². The Morgan fingerprint density at radius 1 is 0.364 bits per heavy atom. The first-order chi connectivity index (χ1) is 27.2. The van der Waals surface area contributed by atoms with Gasteiger partial charge >= 0.3 is 0 Å². The molecule has 0 aliphatic carbocycles. The molecule has 256 valence electrons. The molecule has 2 aromatic heterocycles. The number of rotatable bonds is 6. The van der Waals surface area contributed by atoms with Crippen molar-refractivity contribution in [2.45, 2.75) is 0 Å². The van der Waals surface area contributed by atoms with Gasteiger partial charge < -0.3 is 4.42 Å². The fourth-order valence-electron chi connectivity index (χ4n) is 7.52. The second-order valence-electron chi connectivity index (χ2n) is 13.5. The highest BCUT2D eigenvalue weighted by Crippen LogP contribution is 2.40. The van der Waals surface area contributed by atoms with Crippen LogP contribution in [0.25, 0.3) is 100 Å². The standard InChI is InChI=1S/C50H30N4O/c51-31-32-11-9-16-37(29-32)39-27-28-43(42-18-8-7-17-41(39)42)50-53-48(36-14-5-2-6-15-36)52-49(54-50)38-25-26-44-46(30-38)55-45-20-10-19-40(47(44)45)35-23-21-34(22-24-35)33-12-3-1-4-13-33/h1-30H. The van der Waals surface area contributed by atoms with E-state index in [-0.39, 0.29) is 0 Å². The molecule has 0 atom stereocenters. The number of benzene rings is 8. The van der Waals surface area contributed by atoms with Crippen molar-refractivity contribution in [3.63, 3.8) is 0 Å². The molecular formula is C50H30N4O. The molecule has 0 bridgehead atoms. The molecule has 0 fully saturated rings. The minimum absolute atomic E-state index is 0.554. The number of hydrogen-bond donors (Lipinski definition) is 0. The van der Waals surface area contributed by atoms with Crippen molar-refractivity contribution < 1.29 is 4.42 Å². The Labute approximate surface area is 317 Å². The average molecular weight is 703 g/mol. The van der Waals surface area contributed by atoms with Crippen LogP contribution in [0.3, 0.4) is 0 Å². The van der Waals surface area contributed by atoms with Crippen molar-refractivity contribution in [2.75, 3.05) is 0 Å². The Balaban J connectivity index is 1.10. The fourth-order valence-corrected chi connectivity index (χ4v) is 7.52. The molecule has 0 unspecified atom stereocenters. The Bertz CT molecular complexity index is 3090. The van der Waals surface area contributed by atoms with Crippen LogP contribution in [-0.4, -0.2) is 15.0 Å². The number of nitrogens with zero attached hydrogens (tertiary/aromatic N) is 4. The van der Waals surface area contributed by atoms with Crippen molar-refractivity contribution in [1.29, 1.82) is 5.26 Å². The van der Waals surface area contributed by atoms with E-state index in [1.807, 2.05) is 91.0 Å². The molecule has 5 nitrogen and oxygen atoms in total. The lowest BCUT2D eigenvalue weighted by molar-refractivity contribution is 0.669. The number of nitriles is 1. The molecule has 0 radical (unpaired) electrons. The first kappa shape index (κ1) is 32.0. The third-order valence-electron chi connectivity index (χ3n) is 10.2. The van der Waals surface area contributed by atoms with Gasteiger partial charge in [0, 0.05) is 27.5 Å². The monoisotopic (exact) mass is 702 g/mol. The Hall–Kier alpha value is -7.68. The lowest BCUT2D eigenvalue weighted by atomic mass is 9.94. The molecule has 0 saturated carbocycles. The maximum atomic E-state index is 9.57. The zero-order valence-corrected chi connectivity index (χ0v) is 29.5. The molecule has 2 heterocycles. The van der Waals surface area contributed by atoms with E-state index in [4.69, 9.17) is 19.4 Å². The van der Waals surface area contributed by atoms with Crippen LogP contribution >= 0.6 is 0 Å². The first-order valence-corrected chi connectivity index (χ1v) is 18.2. The van der Waals surface area contributed by atoms with Gasteiger partial charge in [-0.1, -0.05) is 146 Å². The molecule has 0 N–H and O–H groups in total. The first-order valence-electron chi connectivity index (χ1n) is 18.2. The summed E-state index contributed by atoms with van der Waals surface area (Å²) >= 11 is 0. The zero-order chi connectivity index (χ0) is 36.7. The van der Waals surface area contributed by atoms with Gasteiger partial charge in [-0.25, -0.2) is 15.0 Å². The van der Waals surface area contributed by atoms with E-state index < -0.39 is 0 Å². The summed E-state index contributed by atoms with van der Waals surface area (Å²) in [5.74, 6) is 1.71. The minimum Gasteiger partial charge on any atom is -0.456 e. The highest BCUT2D eigenvalue weighted by Gasteiger charge is 2.18. The highest BCUT2D eigenvalue weighted by molar-refractivity contribution is 6.13. The fraction of sp³-hybridized carbons (Fsp3) is 0. The molecular weight excluding hydrogens is 673 g/mol. The van der Waals surface area contributed by atoms with Gasteiger partial charge in [-0.2, -0.15) is 5.26 Å². The third kappa shape index (κ3) is 5.79. The zero-order valence-electron chi connectivity index (χ0n) is 29.5. The molecule has 0 saturated heterocycles. The maximum absolute atomic E-state index is 9.57. The Morgan fingerprint density at radius 3 is 1.71 bits per heavy atom. The van der Waals surface area contributed by atoms with Crippen LogP contribution in [0.1, 0.15) is 5.56 Å². The van der Waals surface area contributed by atoms with Crippen LogP contribution in [0.2, 0.25) is 0 Å². The predicted octanol–water partition coefficient (Wildman–Crippen LogP) is 12.8. The Morgan fingerprint density at radius 2 is 0.945 bits per heavy atom. The van der Waals surface area contributed by atoms with Gasteiger partial charge in [-0.15, -0.1) is 0 Å². The summed E-state index contributed by atoms with van der Waals surface area (Å²) < 4.78 is 6.54. The molecule has 10 rings (SSSR count). The lowest BCUT2D eigenvalue weighted by Gasteiger charge is -2.13. The molecule has 0 spiro atoms. The van der Waals surface area contributed by atoms with Gasteiger partial charge in [0.15, 0.2) is 17.5 Å². The van der Waals surface area contributed by atoms with Crippen LogP contribution in [0.5, 0.6) is 0 Å². The topological polar surface area (TPSA) is 75.6 Å². The molecule has 0 aliphatic heterocycles. The maximum Gasteiger partial charge on any atom is 0.164 e. The summed E-state index contributed by atoms with van der Waals surface area (Å²) in [5, 5.41) is 13.7. The van der Waals surface area contributed by atoms with Gasteiger partial charge in [0.05, 0.1) is 11.6 Å². The Kier molecular flexibility index (Phi) is 7.79. The van der Waals surface area contributed by atoms with Crippen molar-refractivity contribution >= 4 is 32.7 Å². The summed E-state index contributed by atoms with van der Waals surface area (Å²) in [6, 6.07) is 64.0. The number of fused-ring (bicyclic) bond motifs is 4. The second kappa shape index (κ2) is 13.4. The predicted molar refractivity (Wildman–Crippen MR) is 222 cm³/mol. The van der Waals surface area contributed by atoms with Crippen molar-refractivity contribution in [1.82, 2.24) is 15.0 Å². The number of aromatic nitrogens is 3. The van der Waals surface area contributed by atoms with E-state index in [0.717, 1.165) is 71.7 Å². The quantitative estimate of drug-likeness (QED) is 0.172. The SMILES string of the molecule is N#Cc1cccc(-c2ccc(-c3nc(-c4ccccc4)nc(-c4ccc5c(c4)oc4cccc(-c6ccc(-c7ccccc7)cc6)c45)n3)c3ccccc23)c1. The molecule has 5 heteroatoms. The summed E-state index contributed by atoms with van der Waals surface area (Å²) in [7, 11) is 0. The average Bonchev–Trinajstić information content (AvgIpc) is 3.65. The molecule has 0 aliphatic rings. The van der Waals surface area contributed by atoms with Crippen molar-refractivity contribution in [2.24, 2.45) is 0 Å². The third-order valence-corrected chi connectivity index (χ3v) is 10.2. The molecule has 8 aromatic carbocycles. The lowest BCUT2D eigenvalue weighted by Crippen LogP contribution is -2.00. The van der Waals surface area contributed by atoms with Crippen molar-refractivity contribution in [3.8, 4) is 73.6 Å². The normalized spacial score (nSPS) is 11.3. The van der Waals surface area contributed by atoms with Gasteiger partial charge in [-0.05, 0) is 80.6 Å². The van der Waals surface area contributed by atoms with Gasteiger partial charge in [0.1, 0.15) is 11.2 Å². The van der Waals surface area contributed by atoms with E-state index in [1.165, 1.54) is 11.1 Å². The minimum atomic E-state index is 0.554. The molecule has 55 heavy (non-hydrogen) atoms.